The summed E-state index contributed by atoms with van der Waals surface area (Å²) in [6.07, 6.45) is 0. The summed E-state index contributed by atoms with van der Waals surface area (Å²) in [6, 6.07) is 44.0. The highest BCUT2D eigenvalue weighted by Crippen LogP contribution is 2.43. The highest BCUT2D eigenvalue weighted by molar-refractivity contribution is 7.27. The van der Waals surface area contributed by atoms with Gasteiger partial charge < -0.3 is 4.42 Å². The van der Waals surface area contributed by atoms with Crippen molar-refractivity contribution in [3.63, 3.8) is 0 Å². The Labute approximate surface area is 232 Å². The lowest BCUT2D eigenvalue weighted by molar-refractivity contribution is 0.669. The summed E-state index contributed by atoms with van der Waals surface area (Å²) in [6.45, 7) is 0. The van der Waals surface area contributed by atoms with Crippen LogP contribution in [0, 0.1) is 0 Å². The van der Waals surface area contributed by atoms with E-state index in [9.17, 15) is 0 Å². The molecule has 0 N–H and O–H groups in total. The van der Waals surface area contributed by atoms with E-state index >= 15 is 0 Å². The molecular formula is C36H20OS2. The fourth-order valence-corrected chi connectivity index (χ4v) is 8.18. The maximum absolute atomic E-state index is 6.22. The van der Waals surface area contributed by atoms with Gasteiger partial charge >= 0.3 is 0 Å². The first-order chi connectivity index (χ1) is 19.3. The lowest BCUT2D eigenvalue weighted by Gasteiger charge is -2.04. The number of rotatable bonds is 2. The van der Waals surface area contributed by atoms with Crippen LogP contribution < -0.4 is 0 Å². The Morgan fingerprint density at radius 1 is 0.333 bits per heavy atom. The number of hydrogen-bond donors (Lipinski definition) is 0. The van der Waals surface area contributed by atoms with Gasteiger partial charge in [0.25, 0.3) is 0 Å². The predicted octanol–water partition coefficient (Wildman–Crippen LogP) is 11.7. The second-order valence-corrected chi connectivity index (χ2v) is 12.3. The number of benzene rings is 6. The molecule has 1 nitrogen and oxygen atoms in total. The number of fused-ring (bicyclic) bond motifs is 9. The first-order valence-corrected chi connectivity index (χ1v) is 14.7. The summed E-state index contributed by atoms with van der Waals surface area (Å²) >= 11 is 3.77. The molecule has 9 rings (SSSR count). The summed E-state index contributed by atoms with van der Waals surface area (Å²) in [5.41, 5.74) is 6.71. The molecule has 0 aliphatic heterocycles. The molecule has 3 heterocycles. The molecule has 182 valence electrons. The third-order valence-corrected chi connectivity index (χ3v) is 10.1. The molecular weight excluding hydrogens is 513 g/mol. The van der Waals surface area contributed by atoms with Crippen LogP contribution in [0.25, 0.3) is 84.5 Å². The van der Waals surface area contributed by atoms with Gasteiger partial charge in [0.1, 0.15) is 11.2 Å². The Bertz CT molecular complexity index is 2390. The Hall–Kier alpha value is -4.44. The largest absolute Gasteiger partial charge is 0.456 e. The second kappa shape index (κ2) is 8.03. The van der Waals surface area contributed by atoms with Gasteiger partial charge in [-0.15, -0.1) is 22.7 Å². The zero-order valence-corrected chi connectivity index (χ0v) is 22.4. The molecule has 0 amide bonds. The third-order valence-electron chi connectivity index (χ3n) is 7.88. The maximum Gasteiger partial charge on any atom is 0.135 e. The van der Waals surface area contributed by atoms with E-state index in [-0.39, 0.29) is 0 Å². The van der Waals surface area contributed by atoms with Crippen LogP contribution in [-0.2, 0) is 0 Å². The average Bonchev–Trinajstić information content (AvgIpc) is 3.66. The van der Waals surface area contributed by atoms with E-state index in [0.717, 1.165) is 21.9 Å². The fraction of sp³-hybridized carbons (Fsp3) is 0. The second-order valence-electron chi connectivity index (χ2n) is 10.1. The van der Waals surface area contributed by atoms with Gasteiger partial charge in [0.05, 0.1) is 0 Å². The standard InChI is InChI=1S/C36H20OS2/c1-2-6-21(7-3-1)22-10-13-31-26(16-22)27-17-23(11-14-32(27)37-31)24-12-15-34-28(18-24)30-20-35-29(19-36(30)39-34)25-8-4-5-9-33(25)38-35/h1-20H. The number of furan rings is 1. The number of thiophene rings is 2. The van der Waals surface area contributed by atoms with E-state index in [1.807, 2.05) is 22.7 Å². The highest BCUT2D eigenvalue weighted by atomic mass is 32.1. The van der Waals surface area contributed by atoms with E-state index in [2.05, 4.69) is 121 Å². The first kappa shape index (κ1) is 21.5. The minimum absolute atomic E-state index is 0.924. The maximum atomic E-state index is 6.22. The van der Waals surface area contributed by atoms with Crippen LogP contribution in [0.3, 0.4) is 0 Å². The van der Waals surface area contributed by atoms with E-state index in [0.29, 0.717) is 0 Å². The Kier molecular flexibility index (Phi) is 4.43. The zero-order valence-electron chi connectivity index (χ0n) is 20.8. The summed E-state index contributed by atoms with van der Waals surface area (Å²) in [4.78, 5) is 0. The molecule has 0 atom stereocenters. The lowest BCUT2D eigenvalue weighted by Crippen LogP contribution is -1.79. The summed E-state index contributed by atoms with van der Waals surface area (Å²) in [5.74, 6) is 0. The van der Waals surface area contributed by atoms with Crippen LogP contribution in [-0.4, -0.2) is 0 Å². The van der Waals surface area contributed by atoms with Crippen molar-refractivity contribution in [3.8, 4) is 22.3 Å². The minimum atomic E-state index is 0.924. The van der Waals surface area contributed by atoms with E-state index in [1.165, 1.54) is 62.6 Å². The monoisotopic (exact) mass is 532 g/mol. The van der Waals surface area contributed by atoms with Crippen LogP contribution in [0.2, 0.25) is 0 Å². The Morgan fingerprint density at radius 3 is 1.56 bits per heavy atom. The van der Waals surface area contributed by atoms with Gasteiger partial charge in [-0.3, -0.25) is 0 Å². The van der Waals surface area contributed by atoms with Gasteiger partial charge in [0.2, 0.25) is 0 Å². The van der Waals surface area contributed by atoms with Gasteiger partial charge in [-0.05, 0) is 76.9 Å². The molecule has 0 fully saturated rings. The van der Waals surface area contributed by atoms with Gasteiger partial charge in [-0.2, -0.15) is 0 Å². The normalized spacial score (nSPS) is 12.1. The lowest BCUT2D eigenvalue weighted by atomic mass is 9.99. The first-order valence-electron chi connectivity index (χ1n) is 13.1. The quantitative estimate of drug-likeness (QED) is 0.216. The average molecular weight is 533 g/mol. The molecule has 3 heteroatoms. The zero-order chi connectivity index (χ0) is 25.5. The summed E-state index contributed by atoms with van der Waals surface area (Å²) < 4.78 is 11.6. The van der Waals surface area contributed by atoms with Crippen molar-refractivity contribution < 1.29 is 4.42 Å². The minimum Gasteiger partial charge on any atom is -0.456 e. The van der Waals surface area contributed by atoms with E-state index < -0.39 is 0 Å². The third kappa shape index (κ3) is 3.24. The fourth-order valence-electron chi connectivity index (χ4n) is 5.94. The Morgan fingerprint density at radius 2 is 0.846 bits per heavy atom. The number of hydrogen-bond acceptors (Lipinski definition) is 3. The molecule has 0 aliphatic rings. The van der Waals surface area contributed by atoms with Crippen LogP contribution in [0.1, 0.15) is 0 Å². The predicted molar refractivity (Wildman–Crippen MR) is 170 cm³/mol. The molecule has 0 radical (unpaired) electrons. The van der Waals surface area contributed by atoms with Crippen molar-refractivity contribution in [1.82, 2.24) is 0 Å². The van der Waals surface area contributed by atoms with E-state index in [1.54, 1.807) is 0 Å². The molecule has 9 aromatic rings. The van der Waals surface area contributed by atoms with Crippen molar-refractivity contribution in [2.45, 2.75) is 0 Å². The van der Waals surface area contributed by atoms with E-state index in [4.69, 9.17) is 4.42 Å². The van der Waals surface area contributed by atoms with Crippen molar-refractivity contribution in [1.29, 1.82) is 0 Å². The molecule has 3 aromatic heterocycles. The molecule has 0 unspecified atom stereocenters. The summed E-state index contributed by atoms with van der Waals surface area (Å²) in [7, 11) is 0. The van der Waals surface area contributed by atoms with Crippen molar-refractivity contribution >= 4 is 85.0 Å². The van der Waals surface area contributed by atoms with Crippen LogP contribution in [0.4, 0.5) is 0 Å². The molecule has 0 spiro atoms. The van der Waals surface area contributed by atoms with Crippen molar-refractivity contribution in [2.24, 2.45) is 0 Å². The van der Waals surface area contributed by atoms with Crippen molar-refractivity contribution in [3.05, 3.63) is 121 Å². The molecule has 0 saturated carbocycles. The van der Waals surface area contributed by atoms with Gasteiger partial charge in [0, 0.05) is 51.1 Å². The highest BCUT2D eigenvalue weighted by Gasteiger charge is 2.14. The van der Waals surface area contributed by atoms with Crippen LogP contribution in [0.5, 0.6) is 0 Å². The van der Waals surface area contributed by atoms with Gasteiger partial charge in [-0.1, -0.05) is 66.7 Å². The van der Waals surface area contributed by atoms with Crippen LogP contribution >= 0.6 is 22.7 Å². The summed E-state index contributed by atoms with van der Waals surface area (Å²) in [5, 5.41) is 7.70. The smallest absolute Gasteiger partial charge is 0.135 e. The molecule has 0 saturated heterocycles. The molecule has 6 aromatic carbocycles. The Balaban J connectivity index is 1.22. The SMILES string of the molecule is c1ccc(-c2ccc3oc4ccc(-c5ccc6sc7cc8c(cc7c6c5)sc5ccccc58)cc4c3c2)cc1. The van der Waals surface area contributed by atoms with Crippen LogP contribution in [0.15, 0.2) is 126 Å². The van der Waals surface area contributed by atoms with Crippen molar-refractivity contribution in [2.75, 3.05) is 0 Å². The molecule has 0 bridgehead atoms. The topological polar surface area (TPSA) is 13.1 Å². The van der Waals surface area contributed by atoms with Gasteiger partial charge in [-0.25, -0.2) is 0 Å². The van der Waals surface area contributed by atoms with Gasteiger partial charge in [0.15, 0.2) is 0 Å². The molecule has 39 heavy (non-hydrogen) atoms. The molecule has 0 aliphatic carbocycles.